The molecule has 1 fully saturated rings. The van der Waals surface area contributed by atoms with Crippen molar-refractivity contribution in [2.75, 3.05) is 6.54 Å². The molecule has 19 heavy (non-hydrogen) atoms. The molecule has 0 aliphatic carbocycles. The number of hydrogen-bond acceptors (Lipinski definition) is 2. The van der Waals surface area contributed by atoms with Crippen molar-refractivity contribution >= 4 is 22.6 Å². The quantitative estimate of drug-likeness (QED) is 0.929. The van der Waals surface area contributed by atoms with E-state index in [0.29, 0.717) is 0 Å². The van der Waals surface area contributed by atoms with Gasteiger partial charge in [0.15, 0.2) is 0 Å². The molecule has 1 atom stereocenters. The molecule has 2 heterocycles. The van der Waals surface area contributed by atoms with E-state index in [1.54, 1.807) is 0 Å². The van der Waals surface area contributed by atoms with Crippen LogP contribution in [0.25, 0.3) is 11.0 Å². The van der Waals surface area contributed by atoms with Gasteiger partial charge in [-0.15, -0.1) is 0 Å². The Morgan fingerprint density at radius 3 is 3.00 bits per heavy atom. The van der Waals surface area contributed by atoms with Gasteiger partial charge in [0.05, 0.1) is 16.6 Å². The Hall–Kier alpha value is -1.06. The minimum absolute atomic E-state index is 0.0506. The van der Waals surface area contributed by atoms with Crippen molar-refractivity contribution in [2.45, 2.75) is 38.1 Å². The molecular formula is C15H20ClN3. The van der Waals surface area contributed by atoms with Gasteiger partial charge < -0.3 is 9.88 Å². The van der Waals surface area contributed by atoms with Crippen LogP contribution in [0.4, 0.5) is 0 Å². The number of imidazole rings is 1. The summed E-state index contributed by atoms with van der Waals surface area (Å²) in [5.41, 5.74) is 2.20. The van der Waals surface area contributed by atoms with Crippen LogP contribution >= 0.6 is 11.6 Å². The lowest BCUT2D eigenvalue weighted by atomic mass is 9.91. The maximum absolute atomic E-state index is 6.07. The number of aromatic nitrogens is 2. The van der Waals surface area contributed by atoms with Crippen molar-refractivity contribution in [3.05, 3.63) is 29.0 Å². The zero-order valence-electron chi connectivity index (χ0n) is 11.5. The van der Waals surface area contributed by atoms with E-state index in [4.69, 9.17) is 16.6 Å². The van der Waals surface area contributed by atoms with Crippen LogP contribution in [0, 0.1) is 0 Å². The number of fused-ring (bicyclic) bond motifs is 1. The molecule has 0 saturated carbocycles. The van der Waals surface area contributed by atoms with Crippen LogP contribution in [-0.4, -0.2) is 16.1 Å². The van der Waals surface area contributed by atoms with Crippen LogP contribution in [0.1, 0.15) is 38.4 Å². The standard InChI is InChI=1S/C15H20ClN3/c1-3-7-15(8-4-9-17-15)14-18-12-10-11(16)5-6-13(12)19(14)2/h5-6,10,17H,3-4,7-9H2,1-2H3. The molecule has 0 spiro atoms. The van der Waals surface area contributed by atoms with Crippen molar-refractivity contribution in [1.82, 2.24) is 14.9 Å². The molecule has 1 aliphatic heterocycles. The van der Waals surface area contributed by atoms with Gasteiger partial charge in [-0.05, 0) is 44.0 Å². The second-order valence-corrected chi connectivity index (χ2v) is 5.93. The maximum Gasteiger partial charge on any atom is 0.130 e. The van der Waals surface area contributed by atoms with Gasteiger partial charge in [0.1, 0.15) is 5.82 Å². The van der Waals surface area contributed by atoms with Gasteiger partial charge in [-0.3, -0.25) is 0 Å². The molecule has 1 aromatic carbocycles. The Morgan fingerprint density at radius 2 is 2.32 bits per heavy atom. The summed E-state index contributed by atoms with van der Waals surface area (Å²) in [6.45, 7) is 3.32. The zero-order chi connectivity index (χ0) is 13.5. The molecule has 3 rings (SSSR count). The van der Waals surface area contributed by atoms with Gasteiger partial charge >= 0.3 is 0 Å². The first-order valence-corrected chi connectivity index (χ1v) is 7.41. The van der Waals surface area contributed by atoms with Crippen LogP contribution in [0.5, 0.6) is 0 Å². The Balaban J connectivity index is 2.15. The van der Waals surface area contributed by atoms with E-state index >= 15 is 0 Å². The fourth-order valence-corrected chi connectivity index (χ4v) is 3.52. The molecule has 0 bridgehead atoms. The molecule has 0 radical (unpaired) electrons. The third-order valence-electron chi connectivity index (χ3n) is 4.19. The summed E-state index contributed by atoms with van der Waals surface area (Å²) in [6, 6.07) is 5.95. The summed E-state index contributed by atoms with van der Waals surface area (Å²) in [5.74, 6) is 1.16. The first-order valence-electron chi connectivity index (χ1n) is 7.04. The molecule has 4 heteroatoms. The van der Waals surface area contributed by atoms with Gasteiger partial charge in [0.25, 0.3) is 0 Å². The molecule has 0 amide bonds. The Kier molecular flexibility index (Phi) is 3.27. The molecule has 1 N–H and O–H groups in total. The topological polar surface area (TPSA) is 29.9 Å². The average molecular weight is 278 g/mol. The second kappa shape index (κ2) is 4.80. The van der Waals surface area contributed by atoms with Crippen LogP contribution in [-0.2, 0) is 12.6 Å². The van der Waals surface area contributed by atoms with Gasteiger partial charge in [0, 0.05) is 12.1 Å². The lowest BCUT2D eigenvalue weighted by Crippen LogP contribution is -2.39. The van der Waals surface area contributed by atoms with Crippen LogP contribution < -0.4 is 5.32 Å². The highest BCUT2D eigenvalue weighted by Gasteiger charge is 2.38. The minimum Gasteiger partial charge on any atom is -0.330 e. The molecule has 2 aromatic rings. The molecule has 102 valence electrons. The lowest BCUT2D eigenvalue weighted by Gasteiger charge is -2.28. The SMILES string of the molecule is CCCC1(c2nc3cc(Cl)ccc3n2C)CCCN1. The Labute approximate surface area is 119 Å². The molecular weight excluding hydrogens is 258 g/mol. The average Bonchev–Trinajstić information content (AvgIpc) is 2.96. The van der Waals surface area contributed by atoms with Crippen molar-refractivity contribution in [3.8, 4) is 0 Å². The minimum atomic E-state index is 0.0506. The maximum atomic E-state index is 6.07. The van der Waals surface area contributed by atoms with Crippen LogP contribution in [0.3, 0.4) is 0 Å². The molecule has 3 nitrogen and oxygen atoms in total. The highest BCUT2D eigenvalue weighted by molar-refractivity contribution is 6.31. The van der Waals surface area contributed by atoms with E-state index < -0.39 is 0 Å². The highest BCUT2D eigenvalue weighted by Crippen LogP contribution is 2.36. The molecule has 1 aromatic heterocycles. The van der Waals surface area contributed by atoms with Crippen LogP contribution in [0.2, 0.25) is 5.02 Å². The Morgan fingerprint density at radius 1 is 1.47 bits per heavy atom. The summed E-state index contributed by atoms with van der Waals surface area (Å²) in [6.07, 6.45) is 4.70. The summed E-state index contributed by atoms with van der Waals surface area (Å²) in [7, 11) is 2.11. The molecule has 1 aliphatic rings. The van der Waals surface area contributed by atoms with Crippen molar-refractivity contribution in [2.24, 2.45) is 7.05 Å². The fraction of sp³-hybridized carbons (Fsp3) is 0.533. The summed E-state index contributed by atoms with van der Waals surface area (Å²) in [5, 5.41) is 4.44. The van der Waals surface area contributed by atoms with Gasteiger partial charge in [-0.2, -0.15) is 0 Å². The first-order chi connectivity index (χ1) is 9.16. The number of halogens is 1. The van der Waals surface area contributed by atoms with Gasteiger partial charge in [-0.25, -0.2) is 4.98 Å². The predicted molar refractivity (Wildman–Crippen MR) is 79.5 cm³/mol. The Bertz CT molecular complexity index is 597. The number of hydrogen-bond donors (Lipinski definition) is 1. The van der Waals surface area contributed by atoms with Crippen LogP contribution in [0.15, 0.2) is 18.2 Å². The number of nitrogens with zero attached hydrogens (tertiary/aromatic N) is 2. The molecule has 1 unspecified atom stereocenters. The second-order valence-electron chi connectivity index (χ2n) is 5.49. The normalized spacial score (nSPS) is 23.3. The monoisotopic (exact) mass is 277 g/mol. The van der Waals surface area contributed by atoms with Crippen molar-refractivity contribution in [1.29, 1.82) is 0 Å². The van der Waals surface area contributed by atoms with E-state index in [0.717, 1.165) is 41.3 Å². The predicted octanol–water partition coefficient (Wildman–Crippen LogP) is 3.61. The third-order valence-corrected chi connectivity index (χ3v) is 4.43. The van der Waals surface area contributed by atoms with E-state index in [9.17, 15) is 0 Å². The summed E-state index contributed by atoms with van der Waals surface area (Å²) >= 11 is 6.07. The number of benzene rings is 1. The van der Waals surface area contributed by atoms with Gasteiger partial charge in [-0.1, -0.05) is 24.9 Å². The van der Waals surface area contributed by atoms with E-state index in [1.165, 1.54) is 12.8 Å². The number of nitrogens with one attached hydrogen (secondary N) is 1. The van der Waals surface area contributed by atoms with E-state index in [1.807, 2.05) is 12.1 Å². The highest BCUT2D eigenvalue weighted by atomic mass is 35.5. The zero-order valence-corrected chi connectivity index (χ0v) is 12.3. The first kappa shape index (κ1) is 12.9. The summed E-state index contributed by atoms with van der Waals surface area (Å²) < 4.78 is 2.22. The van der Waals surface area contributed by atoms with E-state index in [-0.39, 0.29) is 5.54 Å². The lowest BCUT2D eigenvalue weighted by molar-refractivity contribution is 0.327. The van der Waals surface area contributed by atoms with Crippen molar-refractivity contribution < 1.29 is 0 Å². The number of rotatable bonds is 3. The largest absolute Gasteiger partial charge is 0.330 e. The van der Waals surface area contributed by atoms with Crippen molar-refractivity contribution in [3.63, 3.8) is 0 Å². The smallest absolute Gasteiger partial charge is 0.130 e. The summed E-state index contributed by atoms with van der Waals surface area (Å²) in [4.78, 5) is 4.86. The molecule has 1 saturated heterocycles. The number of aryl methyl sites for hydroxylation is 1. The third kappa shape index (κ3) is 2.05. The fourth-order valence-electron chi connectivity index (χ4n) is 3.35. The van der Waals surface area contributed by atoms with Gasteiger partial charge in [0.2, 0.25) is 0 Å². The van der Waals surface area contributed by atoms with E-state index in [2.05, 4.69) is 29.9 Å².